The highest BCUT2D eigenvalue weighted by Gasteiger charge is 2.54. The van der Waals surface area contributed by atoms with Crippen molar-refractivity contribution in [1.82, 2.24) is 0 Å². The molecule has 0 aliphatic heterocycles. The lowest BCUT2D eigenvalue weighted by Gasteiger charge is -2.35. The van der Waals surface area contributed by atoms with Crippen molar-refractivity contribution in [3.05, 3.63) is 88.0 Å². The van der Waals surface area contributed by atoms with Crippen LogP contribution in [0.5, 0.6) is 0 Å². The monoisotopic (exact) mass is 796 g/mol. The molecule has 0 aromatic heterocycles. The molecule has 0 fully saturated rings. The van der Waals surface area contributed by atoms with E-state index in [0.29, 0.717) is 0 Å². The van der Waals surface area contributed by atoms with Crippen molar-refractivity contribution in [2.75, 3.05) is 0 Å². The van der Waals surface area contributed by atoms with Crippen LogP contribution in [-0.2, 0) is 13.3 Å². The van der Waals surface area contributed by atoms with Crippen LogP contribution in [0.15, 0.2) is 18.2 Å². The maximum atomic E-state index is 15.9. The van der Waals surface area contributed by atoms with Crippen LogP contribution in [0, 0.1) is 69.8 Å². The van der Waals surface area contributed by atoms with Crippen LogP contribution in [0.3, 0.4) is 0 Å². The van der Waals surface area contributed by atoms with Gasteiger partial charge in [0.05, 0.1) is 0 Å². The Morgan fingerprint density at radius 2 is 0.700 bits per heavy atom. The summed E-state index contributed by atoms with van der Waals surface area (Å²) < 4.78 is 209. The zero-order valence-corrected chi connectivity index (χ0v) is 31.8. The molecule has 3 aromatic rings. The molecule has 0 spiro atoms. The van der Waals surface area contributed by atoms with Crippen LogP contribution < -0.4 is 16.4 Å². The number of hydrogen-bond acceptors (Lipinski definition) is 3. The third-order valence-electron chi connectivity index (χ3n) is 6.30. The molecule has 21 heteroatoms. The summed E-state index contributed by atoms with van der Waals surface area (Å²) in [6, 6.07) is -1.28. The van der Waals surface area contributed by atoms with Gasteiger partial charge in [0, 0.05) is 18.2 Å². The van der Waals surface area contributed by atoms with Gasteiger partial charge in [-0.25, -0.2) is 52.7 Å². The van der Waals surface area contributed by atoms with E-state index in [1.165, 1.54) is 19.6 Å². The van der Waals surface area contributed by atoms with Crippen LogP contribution in [0.25, 0.3) is 0 Å². The van der Waals surface area contributed by atoms with E-state index in [4.69, 9.17) is 17.6 Å². The van der Waals surface area contributed by atoms with Crippen molar-refractivity contribution in [3.63, 3.8) is 0 Å². The first kappa shape index (κ1) is 41.5. The summed E-state index contributed by atoms with van der Waals surface area (Å²) in [6.45, 7) is 14.2. The molecule has 50 heavy (non-hydrogen) atoms. The Bertz CT molecular complexity index is 1640. The number of hydrogen-bond donors (Lipinski definition) is 0. The molecule has 0 saturated carbocycles. The first-order valence-electron chi connectivity index (χ1n) is 14.5. The van der Waals surface area contributed by atoms with Gasteiger partial charge in [0.25, 0.3) is 0 Å². The average Bonchev–Trinajstić information content (AvgIpc) is 2.91. The van der Waals surface area contributed by atoms with E-state index in [0.717, 1.165) is 0 Å². The van der Waals surface area contributed by atoms with Crippen molar-refractivity contribution in [1.29, 1.82) is 0 Å². The smallest absolute Gasteiger partial charge is 0.462 e. The summed E-state index contributed by atoms with van der Waals surface area (Å²) >= 11 is 0. The average molecular weight is 797 g/mol. The van der Waals surface area contributed by atoms with Gasteiger partial charge in [-0.1, -0.05) is 0 Å². The van der Waals surface area contributed by atoms with Gasteiger partial charge in [-0.3, -0.25) is 0 Å². The predicted molar refractivity (Wildman–Crippen MR) is 174 cm³/mol. The van der Waals surface area contributed by atoms with E-state index in [1.54, 1.807) is 39.3 Å². The van der Waals surface area contributed by atoms with Gasteiger partial charge in [0.1, 0.15) is 43.1 Å². The molecule has 0 amide bonds. The number of halogens is 12. The van der Waals surface area contributed by atoms with E-state index < -0.39 is 155 Å². The van der Waals surface area contributed by atoms with Crippen LogP contribution in [-0.4, -0.2) is 42.7 Å². The largest absolute Gasteiger partial charge is 0.559 e. The Balaban J connectivity index is 2.94. The molecule has 0 aliphatic rings. The van der Waals surface area contributed by atoms with Crippen molar-refractivity contribution < 1.29 is 70.3 Å². The summed E-state index contributed by atoms with van der Waals surface area (Å²) in [5.74, 6) is -30.4. The molecule has 0 radical (unpaired) electrons. The second-order valence-corrected chi connectivity index (χ2v) is 28.1. The Morgan fingerprint density at radius 1 is 0.460 bits per heavy atom. The van der Waals surface area contributed by atoms with Gasteiger partial charge < -0.3 is 17.6 Å². The summed E-state index contributed by atoms with van der Waals surface area (Å²) in [6.07, 6.45) is -5.83. The second-order valence-electron chi connectivity index (χ2n) is 13.8. The minimum Gasteiger partial charge on any atom is -0.559 e. The highest BCUT2D eigenvalue weighted by molar-refractivity contribution is 7.58. The minimum absolute atomic E-state index is 0.412. The van der Waals surface area contributed by atoms with Gasteiger partial charge in [0.15, 0.2) is 51.5 Å². The van der Waals surface area contributed by atoms with Crippen LogP contribution >= 0.6 is 8.20 Å². The fraction of sp³-hybridized carbons (Fsp3) is 0.310. The minimum atomic E-state index is -5.83. The quantitative estimate of drug-likeness (QED) is 0.0679. The van der Waals surface area contributed by atoms with Crippen molar-refractivity contribution in [2.45, 2.75) is 58.9 Å². The van der Waals surface area contributed by atoms with E-state index in [2.05, 4.69) is 0 Å². The molecule has 0 saturated heterocycles. The number of carbonyl (C=O) groups excluding carboxylic acids is 1. The lowest BCUT2D eigenvalue weighted by atomic mass is 9.27. The normalized spacial score (nSPS) is 13.3. The summed E-state index contributed by atoms with van der Waals surface area (Å²) in [4.78, 5) is 0. The first-order chi connectivity index (χ1) is 22.6. The Morgan fingerprint density at radius 3 is 0.920 bits per heavy atom. The van der Waals surface area contributed by atoms with Gasteiger partial charge in [-0.15, -0.1) is 0 Å². The highest BCUT2D eigenvalue weighted by atomic mass is 31.1. The molecule has 274 valence electrons. The maximum Gasteiger partial charge on any atom is 0.462 e. The summed E-state index contributed by atoms with van der Waals surface area (Å²) in [7, 11) is -9.24. The molecule has 0 N–H and O–H groups in total. The van der Waals surface area contributed by atoms with Crippen LogP contribution in [0.1, 0.15) is 0 Å². The van der Waals surface area contributed by atoms with Gasteiger partial charge >= 0.3 is 20.4 Å². The van der Waals surface area contributed by atoms with E-state index in [-0.39, 0.29) is 0 Å². The number of benzene rings is 3. The van der Waals surface area contributed by atoms with Crippen LogP contribution in [0.2, 0.25) is 58.9 Å². The third-order valence-corrected chi connectivity index (χ3v) is 9.95. The van der Waals surface area contributed by atoms with Crippen molar-refractivity contribution in [3.8, 4) is 0 Å². The molecular formula is C29H30BF12O4PSi3. The Hall–Kier alpha value is -2.90. The van der Waals surface area contributed by atoms with Crippen LogP contribution in [0.4, 0.5) is 57.0 Å². The fourth-order valence-electron chi connectivity index (χ4n) is 4.61. The third kappa shape index (κ3) is 8.93. The van der Waals surface area contributed by atoms with Gasteiger partial charge in [0.2, 0.25) is 5.67 Å². The second kappa shape index (κ2) is 14.6. The Kier molecular flexibility index (Phi) is 12.1. The molecule has 3 aromatic carbocycles. The van der Waals surface area contributed by atoms with Crippen molar-refractivity contribution >= 4 is 67.3 Å². The molecule has 4 nitrogen and oxygen atoms in total. The predicted octanol–water partition coefficient (Wildman–Crippen LogP) is 8.57. The highest BCUT2D eigenvalue weighted by Crippen LogP contribution is 2.31. The summed E-state index contributed by atoms with van der Waals surface area (Å²) in [5.41, 5.74) is -8.97. The van der Waals surface area contributed by atoms with E-state index in [9.17, 15) is 26.3 Å². The topological polar surface area (TPSA) is 39.0 Å². The van der Waals surface area contributed by atoms with E-state index >= 15 is 26.3 Å². The molecule has 0 aliphatic carbocycles. The molecule has 3 rings (SSSR count). The fourth-order valence-corrected chi connectivity index (χ4v) is 9.77. The Labute approximate surface area is 284 Å². The standard InChI is InChI=1S/C29H30BF12O4PSi3/c1-48(2,3)44-28(47-29(45-49(4,5)6)46-50(7,8)9)43-30(19-22(37)13(31)10-14(32)23(19)38,20-24(39)15(33)11-16(34)25(20)40)21-26(41)17(35)12-18(36)27(21)42/h10-12H,1-9H3. The maximum absolute atomic E-state index is 15.9. The van der Waals surface area contributed by atoms with Gasteiger partial charge in [-0.05, 0) is 75.3 Å². The SMILES string of the molecule is C[Si](C)(C)OC(=[O+][B-](c1c(F)c(F)cc(F)c1F)(c1c(F)c(F)cc(F)c1F)c1c(F)c(F)cc(F)c1F)P=C(O[Si](C)(C)C)O[Si](C)(C)C. The summed E-state index contributed by atoms with van der Waals surface area (Å²) in [5, 5.41) is 0. The molecule has 0 atom stereocenters. The lowest BCUT2D eigenvalue weighted by Crippen LogP contribution is -2.71. The van der Waals surface area contributed by atoms with E-state index in [1.807, 2.05) is 0 Å². The molecule has 0 heterocycles. The lowest BCUT2D eigenvalue weighted by molar-refractivity contribution is 0.0429. The molecular weight excluding hydrogens is 766 g/mol. The zero-order chi connectivity index (χ0) is 38.5. The molecule has 0 unspecified atom stereocenters. The molecule has 0 bridgehead atoms. The zero-order valence-electron chi connectivity index (χ0n) is 27.9. The van der Waals surface area contributed by atoms with Crippen molar-refractivity contribution in [2.24, 2.45) is 0 Å². The first-order valence-corrected chi connectivity index (χ1v) is 25.6. The van der Waals surface area contributed by atoms with Gasteiger partial charge in [-0.2, -0.15) is 0 Å². The number of rotatable bonds is 10.